The molecule has 0 radical (unpaired) electrons. The monoisotopic (exact) mass is 393 g/mol. The number of halogens is 1. The molecule has 2 aromatic carbocycles. The highest BCUT2D eigenvalue weighted by molar-refractivity contribution is 8.00. The highest BCUT2D eigenvalue weighted by Crippen LogP contribution is 2.25. The van der Waals surface area contributed by atoms with Crippen molar-refractivity contribution in [3.8, 4) is 11.5 Å². The Balaban J connectivity index is 1.88. The van der Waals surface area contributed by atoms with Gasteiger partial charge < -0.3 is 19.9 Å². The third-order valence-corrected chi connectivity index (χ3v) is 4.68. The summed E-state index contributed by atoms with van der Waals surface area (Å²) in [5.41, 5.74) is 0. The molecule has 6 nitrogen and oxygen atoms in total. The number of benzene rings is 2. The molecule has 2 atom stereocenters. The van der Waals surface area contributed by atoms with Gasteiger partial charge in [0.1, 0.15) is 17.3 Å². The van der Waals surface area contributed by atoms with E-state index < -0.39 is 23.1 Å². The minimum absolute atomic E-state index is 0.207. The molecule has 0 aromatic heterocycles. The number of ether oxygens (including phenoxy) is 2. The fraction of sp³-hybridized carbons (Fsp3) is 0.263. The molecule has 2 rings (SSSR count). The number of carbonyl (C=O) groups is 2. The summed E-state index contributed by atoms with van der Waals surface area (Å²) >= 11 is 1.34. The van der Waals surface area contributed by atoms with Crippen molar-refractivity contribution in [1.82, 2.24) is 5.32 Å². The fourth-order valence-electron chi connectivity index (χ4n) is 2.11. The highest BCUT2D eigenvalue weighted by Gasteiger charge is 2.22. The predicted octanol–water partition coefficient (Wildman–Crippen LogP) is 2.96. The second-order valence-corrected chi connectivity index (χ2v) is 6.99. The van der Waals surface area contributed by atoms with Crippen LogP contribution in [0.25, 0.3) is 0 Å². The Morgan fingerprint density at radius 2 is 1.70 bits per heavy atom. The van der Waals surface area contributed by atoms with Gasteiger partial charge in [-0.1, -0.05) is 0 Å². The number of thioether (sulfide) groups is 1. The number of hydrogen-bond acceptors (Lipinski definition) is 5. The highest BCUT2D eigenvalue weighted by atomic mass is 32.2. The average molecular weight is 393 g/mol. The normalized spacial score (nSPS) is 12.7. The van der Waals surface area contributed by atoms with Gasteiger partial charge in [0.2, 0.25) is 12.0 Å². The quantitative estimate of drug-likeness (QED) is 0.637. The summed E-state index contributed by atoms with van der Waals surface area (Å²) in [6.45, 7) is 1.51. The van der Waals surface area contributed by atoms with Crippen molar-refractivity contribution in [2.24, 2.45) is 0 Å². The Hall–Kier alpha value is -2.74. The average Bonchev–Trinajstić information content (AvgIpc) is 2.66. The zero-order valence-electron chi connectivity index (χ0n) is 14.8. The topological polar surface area (TPSA) is 84.9 Å². The lowest BCUT2D eigenvalue weighted by Crippen LogP contribution is -2.42. The summed E-state index contributed by atoms with van der Waals surface area (Å²) in [5, 5.41) is 11.4. The van der Waals surface area contributed by atoms with Crippen molar-refractivity contribution >= 4 is 23.6 Å². The number of carboxylic acid groups (broad SMARTS) is 1. The molecular formula is C19H20FNO5S. The summed E-state index contributed by atoms with van der Waals surface area (Å²) in [4.78, 5) is 24.5. The van der Waals surface area contributed by atoms with E-state index in [2.05, 4.69) is 5.32 Å². The van der Waals surface area contributed by atoms with Crippen LogP contribution in [0.4, 0.5) is 4.39 Å². The summed E-state index contributed by atoms with van der Waals surface area (Å²) in [6.07, 6.45) is -1.28. The molecule has 0 fully saturated rings. The molecular weight excluding hydrogens is 373 g/mol. The first-order valence-corrected chi connectivity index (χ1v) is 9.00. The van der Waals surface area contributed by atoms with Crippen LogP contribution in [0, 0.1) is 5.82 Å². The van der Waals surface area contributed by atoms with Crippen molar-refractivity contribution in [2.45, 2.75) is 23.2 Å². The Kier molecular flexibility index (Phi) is 7.48. The van der Waals surface area contributed by atoms with Gasteiger partial charge in [0.05, 0.1) is 18.9 Å². The van der Waals surface area contributed by atoms with E-state index in [1.807, 2.05) is 12.1 Å². The number of carboxylic acids is 1. The molecule has 8 heteroatoms. The summed E-state index contributed by atoms with van der Waals surface area (Å²) in [7, 11) is 1.57. The number of carbonyl (C=O) groups excluding carboxylic acids is 1. The first-order chi connectivity index (χ1) is 12.9. The molecule has 2 aromatic rings. The molecule has 27 heavy (non-hydrogen) atoms. The molecule has 0 bridgehead atoms. The van der Waals surface area contributed by atoms with Crippen LogP contribution in [0.5, 0.6) is 11.5 Å². The molecule has 144 valence electrons. The van der Waals surface area contributed by atoms with E-state index in [0.29, 0.717) is 0 Å². The Labute approximate surface area is 160 Å². The minimum Gasteiger partial charge on any atom is -0.497 e. The Bertz CT molecular complexity index is 767. The maximum Gasteiger partial charge on any atom is 0.346 e. The number of amides is 1. The van der Waals surface area contributed by atoms with E-state index in [9.17, 15) is 19.1 Å². The lowest BCUT2D eigenvalue weighted by Gasteiger charge is -2.17. The van der Waals surface area contributed by atoms with Gasteiger partial charge in [0.15, 0.2) is 0 Å². The van der Waals surface area contributed by atoms with Crippen LogP contribution < -0.4 is 14.8 Å². The van der Waals surface area contributed by atoms with Gasteiger partial charge in [-0.25, -0.2) is 9.18 Å². The smallest absolute Gasteiger partial charge is 0.346 e. The third-order valence-electron chi connectivity index (χ3n) is 3.57. The zero-order valence-corrected chi connectivity index (χ0v) is 15.7. The maximum absolute atomic E-state index is 12.9. The summed E-state index contributed by atoms with van der Waals surface area (Å²) < 4.78 is 23.3. The van der Waals surface area contributed by atoms with E-state index in [0.717, 1.165) is 10.6 Å². The van der Waals surface area contributed by atoms with Crippen LogP contribution in [0.1, 0.15) is 6.92 Å². The van der Waals surface area contributed by atoms with Crippen LogP contribution in [-0.4, -0.2) is 42.0 Å². The molecule has 2 unspecified atom stereocenters. The fourth-order valence-corrected chi connectivity index (χ4v) is 3.00. The van der Waals surface area contributed by atoms with Crippen molar-refractivity contribution in [2.75, 3.05) is 13.7 Å². The summed E-state index contributed by atoms with van der Waals surface area (Å²) in [6, 6.07) is 12.3. The predicted molar refractivity (Wildman–Crippen MR) is 99.8 cm³/mol. The van der Waals surface area contributed by atoms with Crippen LogP contribution in [-0.2, 0) is 9.59 Å². The zero-order chi connectivity index (χ0) is 19.8. The third kappa shape index (κ3) is 6.49. The SMILES string of the molecule is COc1ccc(SC(C)C(=O)NCC(Oc2ccc(F)cc2)C(=O)O)cc1. The van der Waals surface area contributed by atoms with Crippen molar-refractivity contribution in [3.63, 3.8) is 0 Å². The lowest BCUT2D eigenvalue weighted by molar-refractivity contribution is -0.145. The van der Waals surface area contributed by atoms with E-state index >= 15 is 0 Å². The van der Waals surface area contributed by atoms with Crippen LogP contribution >= 0.6 is 11.8 Å². The van der Waals surface area contributed by atoms with Gasteiger partial charge >= 0.3 is 5.97 Å². The molecule has 1 amide bonds. The van der Waals surface area contributed by atoms with Crippen molar-refractivity contribution in [1.29, 1.82) is 0 Å². The lowest BCUT2D eigenvalue weighted by atomic mass is 10.3. The van der Waals surface area contributed by atoms with Crippen molar-refractivity contribution in [3.05, 3.63) is 54.3 Å². The standard InChI is InChI=1S/C19H20FNO5S/c1-12(27-16-9-7-14(25-2)8-10-16)18(22)21-11-17(19(23)24)26-15-5-3-13(20)4-6-15/h3-10,12,17H,11H2,1-2H3,(H,21,22)(H,23,24). The van der Waals surface area contributed by atoms with Gasteiger partial charge in [-0.3, -0.25) is 4.79 Å². The van der Waals surface area contributed by atoms with Crippen LogP contribution in [0.15, 0.2) is 53.4 Å². The van der Waals surface area contributed by atoms with Gasteiger partial charge in [-0.2, -0.15) is 0 Å². The molecule has 2 N–H and O–H groups in total. The molecule has 0 saturated carbocycles. The summed E-state index contributed by atoms with van der Waals surface area (Å²) in [5.74, 6) is -1.07. The van der Waals surface area contributed by atoms with E-state index in [1.165, 1.54) is 36.0 Å². The van der Waals surface area contributed by atoms with Gasteiger partial charge in [-0.05, 0) is 55.5 Å². The van der Waals surface area contributed by atoms with Crippen molar-refractivity contribution < 1.29 is 28.6 Å². The van der Waals surface area contributed by atoms with Crippen LogP contribution in [0.3, 0.4) is 0 Å². The number of aliphatic carboxylic acids is 1. The van der Waals surface area contributed by atoms with Gasteiger partial charge in [0.25, 0.3) is 0 Å². The number of nitrogens with one attached hydrogen (secondary N) is 1. The second kappa shape index (κ2) is 9.82. The molecule has 0 aliphatic rings. The van der Waals surface area contributed by atoms with E-state index in [1.54, 1.807) is 26.2 Å². The van der Waals surface area contributed by atoms with Gasteiger partial charge in [-0.15, -0.1) is 11.8 Å². The molecule has 0 aliphatic heterocycles. The second-order valence-electron chi connectivity index (χ2n) is 5.58. The number of hydrogen-bond donors (Lipinski definition) is 2. The minimum atomic E-state index is -1.28. The van der Waals surface area contributed by atoms with Gasteiger partial charge in [0, 0.05) is 4.90 Å². The largest absolute Gasteiger partial charge is 0.497 e. The van der Waals surface area contributed by atoms with Crippen LogP contribution in [0.2, 0.25) is 0 Å². The molecule has 0 heterocycles. The molecule has 0 saturated heterocycles. The van der Waals surface area contributed by atoms with E-state index in [4.69, 9.17) is 9.47 Å². The first-order valence-electron chi connectivity index (χ1n) is 8.12. The number of methoxy groups -OCH3 is 1. The number of rotatable bonds is 9. The van der Waals surface area contributed by atoms with E-state index in [-0.39, 0.29) is 18.2 Å². The molecule has 0 spiro atoms. The Morgan fingerprint density at radius 1 is 1.11 bits per heavy atom. The first kappa shape index (κ1) is 20.6. The maximum atomic E-state index is 12.9. The molecule has 0 aliphatic carbocycles. The Morgan fingerprint density at radius 3 is 2.26 bits per heavy atom.